The first-order valence-electron chi connectivity index (χ1n) is 7.49. The molecule has 0 fully saturated rings. The molecule has 6 nitrogen and oxygen atoms in total. The Morgan fingerprint density at radius 3 is 2.96 bits per heavy atom. The number of nitrogens with zero attached hydrogens (tertiary/aromatic N) is 2. The number of nitrogens with two attached hydrogens (primary N) is 1. The van der Waals surface area contributed by atoms with E-state index in [-0.39, 0.29) is 11.4 Å². The number of aryl methyl sites for hydroxylation is 1. The van der Waals surface area contributed by atoms with Crippen molar-refractivity contribution in [1.82, 2.24) is 15.5 Å². The van der Waals surface area contributed by atoms with Gasteiger partial charge in [0.1, 0.15) is 17.4 Å². The molecule has 0 aliphatic rings. The van der Waals surface area contributed by atoms with Gasteiger partial charge in [-0.3, -0.25) is 9.89 Å². The third-order valence-electron chi connectivity index (χ3n) is 3.54. The Hall–Kier alpha value is -2.59. The van der Waals surface area contributed by atoms with Gasteiger partial charge in [0.05, 0.1) is 11.3 Å². The Kier molecular flexibility index (Phi) is 6.15. The van der Waals surface area contributed by atoms with Gasteiger partial charge in [-0.1, -0.05) is 18.0 Å². The van der Waals surface area contributed by atoms with E-state index in [2.05, 4.69) is 15.5 Å². The topological polar surface area (TPSA) is 108 Å². The molecule has 8 heteroatoms. The van der Waals surface area contributed by atoms with Crippen LogP contribution in [0.2, 0.25) is 5.02 Å². The number of aromatic amines is 1. The minimum absolute atomic E-state index is 0.0610. The highest BCUT2D eigenvalue weighted by atomic mass is 35.5. The molecule has 2 rings (SSSR count). The first-order chi connectivity index (χ1) is 11.5. The van der Waals surface area contributed by atoms with Crippen LogP contribution in [0.5, 0.6) is 0 Å². The van der Waals surface area contributed by atoms with Crippen LogP contribution in [0.4, 0.5) is 10.2 Å². The van der Waals surface area contributed by atoms with Gasteiger partial charge < -0.3 is 11.1 Å². The second-order valence-electron chi connectivity index (χ2n) is 5.26. The Morgan fingerprint density at radius 2 is 2.21 bits per heavy atom. The van der Waals surface area contributed by atoms with Crippen molar-refractivity contribution in [2.45, 2.75) is 25.7 Å². The van der Waals surface area contributed by atoms with Gasteiger partial charge in [-0.05, 0) is 37.5 Å². The molecule has 1 aromatic carbocycles. The number of carbonyl (C=O) groups excluding carboxylic acids is 1. The maximum absolute atomic E-state index is 13.5. The SMILES string of the molecule is N#Cc1c(N)n[nH]c1CCCCCNC(=O)c1cc(Cl)ccc1F. The van der Waals surface area contributed by atoms with E-state index in [1.54, 1.807) is 0 Å². The van der Waals surface area contributed by atoms with Crippen LogP contribution < -0.4 is 11.1 Å². The summed E-state index contributed by atoms with van der Waals surface area (Å²) in [5.41, 5.74) is 6.61. The lowest BCUT2D eigenvalue weighted by Crippen LogP contribution is -2.25. The van der Waals surface area contributed by atoms with Crippen LogP contribution in [-0.2, 0) is 6.42 Å². The first kappa shape index (κ1) is 17.8. The highest BCUT2D eigenvalue weighted by molar-refractivity contribution is 6.31. The average Bonchev–Trinajstić information content (AvgIpc) is 2.92. The Labute approximate surface area is 143 Å². The Bertz CT molecular complexity index is 768. The number of nitrogens with one attached hydrogen (secondary N) is 2. The summed E-state index contributed by atoms with van der Waals surface area (Å²) in [6.45, 7) is 0.432. The predicted octanol–water partition coefficient (Wildman–Crippen LogP) is 2.80. The van der Waals surface area contributed by atoms with Gasteiger partial charge in [0.25, 0.3) is 5.91 Å². The normalized spacial score (nSPS) is 10.4. The van der Waals surface area contributed by atoms with Crippen molar-refractivity contribution in [3.8, 4) is 6.07 Å². The summed E-state index contributed by atoms with van der Waals surface area (Å²) in [5.74, 6) is -0.871. The van der Waals surface area contributed by atoms with Crippen molar-refractivity contribution < 1.29 is 9.18 Å². The Morgan fingerprint density at radius 1 is 1.42 bits per heavy atom. The average molecular weight is 350 g/mol. The number of hydrogen-bond acceptors (Lipinski definition) is 4. The summed E-state index contributed by atoms with van der Waals surface area (Å²) >= 11 is 5.76. The number of hydrogen-bond donors (Lipinski definition) is 3. The molecule has 4 N–H and O–H groups in total. The van der Waals surface area contributed by atoms with E-state index in [0.717, 1.165) is 25.0 Å². The van der Waals surface area contributed by atoms with Crippen molar-refractivity contribution in [3.63, 3.8) is 0 Å². The van der Waals surface area contributed by atoms with Gasteiger partial charge in [-0.25, -0.2) is 4.39 Å². The van der Waals surface area contributed by atoms with Crippen LogP contribution in [0.1, 0.15) is 40.9 Å². The van der Waals surface area contributed by atoms with Gasteiger partial charge in [-0.2, -0.15) is 10.4 Å². The molecule has 1 aromatic heterocycles. The fourth-order valence-electron chi connectivity index (χ4n) is 2.27. The number of carbonyl (C=O) groups is 1. The van der Waals surface area contributed by atoms with Crippen LogP contribution in [0.3, 0.4) is 0 Å². The van der Waals surface area contributed by atoms with Crippen LogP contribution in [0, 0.1) is 17.1 Å². The van der Waals surface area contributed by atoms with Crippen LogP contribution >= 0.6 is 11.6 Å². The number of halogens is 2. The van der Waals surface area contributed by atoms with Crippen molar-refractivity contribution >= 4 is 23.3 Å². The lowest BCUT2D eigenvalue weighted by atomic mass is 10.1. The number of H-pyrrole nitrogens is 1. The molecule has 0 saturated heterocycles. The lowest BCUT2D eigenvalue weighted by molar-refractivity contribution is 0.0949. The Balaban J connectivity index is 1.71. The number of nitriles is 1. The molecule has 0 spiro atoms. The van der Waals surface area contributed by atoms with Gasteiger partial charge in [0.15, 0.2) is 5.82 Å². The molecule has 0 aliphatic heterocycles. The second kappa shape index (κ2) is 8.31. The number of rotatable bonds is 7. The summed E-state index contributed by atoms with van der Waals surface area (Å²) in [7, 11) is 0. The van der Waals surface area contributed by atoms with E-state index < -0.39 is 11.7 Å². The molecule has 24 heavy (non-hydrogen) atoms. The van der Waals surface area contributed by atoms with E-state index in [9.17, 15) is 9.18 Å². The lowest BCUT2D eigenvalue weighted by Gasteiger charge is -2.06. The number of unbranched alkanes of at least 4 members (excludes halogenated alkanes) is 2. The number of nitrogen functional groups attached to an aromatic ring is 1. The summed E-state index contributed by atoms with van der Waals surface area (Å²) < 4.78 is 13.5. The van der Waals surface area contributed by atoms with Gasteiger partial charge in [0, 0.05) is 11.6 Å². The van der Waals surface area contributed by atoms with Crippen molar-refractivity contribution in [2.75, 3.05) is 12.3 Å². The zero-order valence-electron chi connectivity index (χ0n) is 12.9. The van der Waals surface area contributed by atoms with E-state index in [1.807, 2.05) is 6.07 Å². The van der Waals surface area contributed by atoms with E-state index in [1.165, 1.54) is 18.2 Å². The zero-order valence-corrected chi connectivity index (χ0v) is 13.7. The number of anilines is 1. The summed E-state index contributed by atoms with van der Waals surface area (Å²) in [5, 5.41) is 18.5. The van der Waals surface area contributed by atoms with Crippen LogP contribution in [0.25, 0.3) is 0 Å². The highest BCUT2D eigenvalue weighted by Gasteiger charge is 2.12. The van der Waals surface area contributed by atoms with E-state index in [0.29, 0.717) is 23.6 Å². The standard InChI is InChI=1S/C16H17ClFN5O/c17-10-5-6-13(18)11(8-10)16(24)21-7-3-1-2-4-14-12(9-19)15(20)23-22-14/h5-6,8H,1-4,7H2,(H,21,24)(H3,20,22,23). The number of aromatic nitrogens is 2. The van der Waals surface area contributed by atoms with E-state index >= 15 is 0 Å². The minimum atomic E-state index is -0.599. The summed E-state index contributed by atoms with van der Waals surface area (Å²) in [4.78, 5) is 11.9. The van der Waals surface area contributed by atoms with Crippen LogP contribution in [0.15, 0.2) is 18.2 Å². The number of benzene rings is 1. The molecule has 0 unspecified atom stereocenters. The molecular weight excluding hydrogens is 333 g/mol. The zero-order chi connectivity index (χ0) is 17.5. The number of amides is 1. The van der Waals surface area contributed by atoms with Gasteiger partial charge in [0.2, 0.25) is 0 Å². The molecule has 0 aliphatic carbocycles. The quantitative estimate of drug-likeness (QED) is 0.668. The molecule has 1 amide bonds. The van der Waals surface area contributed by atoms with E-state index in [4.69, 9.17) is 22.6 Å². The van der Waals surface area contributed by atoms with Crippen LogP contribution in [-0.4, -0.2) is 22.6 Å². The largest absolute Gasteiger partial charge is 0.381 e. The maximum Gasteiger partial charge on any atom is 0.254 e. The molecule has 0 radical (unpaired) electrons. The molecule has 0 bridgehead atoms. The fraction of sp³-hybridized carbons (Fsp3) is 0.312. The third kappa shape index (κ3) is 4.46. The molecule has 1 heterocycles. The summed E-state index contributed by atoms with van der Waals surface area (Å²) in [6.07, 6.45) is 3.04. The third-order valence-corrected chi connectivity index (χ3v) is 3.78. The molecule has 0 saturated carbocycles. The van der Waals surface area contributed by atoms with Crippen molar-refractivity contribution in [2.24, 2.45) is 0 Å². The molecule has 0 atom stereocenters. The summed E-state index contributed by atoms with van der Waals surface area (Å²) in [6, 6.07) is 5.88. The molecule has 2 aromatic rings. The maximum atomic E-state index is 13.5. The monoisotopic (exact) mass is 349 g/mol. The van der Waals surface area contributed by atoms with Crippen molar-refractivity contribution in [3.05, 3.63) is 45.9 Å². The molecule has 126 valence electrons. The van der Waals surface area contributed by atoms with Crippen molar-refractivity contribution in [1.29, 1.82) is 5.26 Å². The second-order valence-corrected chi connectivity index (χ2v) is 5.70. The smallest absolute Gasteiger partial charge is 0.254 e. The first-order valence-corrected chi connectivity index (χ1v) is 7.86. The highest BCUT2D eigenvalue weighted by Crippen LogP contribution is 2.15. The molecular formula is C16H17ClFN5O. The predicted molar refractivity (Wildman–Crippen MR) is 89.0 cm³/mol. The fourth-order valence-corrected chi connectivity index (χ4v) is 2.44. The van der Waals surface area contributed by atoms with Gasteiger partial charge >= 0.3 is 0 Å². The van der Waals surface area contributed by atoms with Gasteiger partial charge in [-0.15, -0.1) is 0 Å². The minimum Gasteiger partial charge on any atom is -0.381 e.